The lowest BCUT2D eigenvalue weighted by molar-refractivity contribution is 0.0526. The van der Waals surface area contributed by atoms with Crippen LogP contribution in [0.2, 0.25) is 0 Å². The Labute approximate surface area is 160 Å². The number of sulfonamides is 1. The first kappa shape index (κ1) is 19.1. The summed E-state index contributed by atoms with van der Waals surface area (Å²) in [6.07, 6.45) is 0. The standard InChI is InChI=1S/C18H18N2O5S2/c1-4-25-17(21)12-6-5-11(2)14(9-12)19-27(23,24)13-7-8-15-16(10-13)26-18(22)20(15)3/h5-10,19H,4H2,1-3H3. The summed E-state index contributed by atoms with van der Waals surface area (Å²) in [7, 11) is -2.26. The highest BCUT2D eigenvalue weighted by Gasteiger charge is 2.18. The number of carbonyl (C=O) groups is 1. The van der Waals surface area contributed by atoms with E-state index in [0.717, 1.165) is 11.3 Å². The van der Waals surface area contributed by atoms with Gasteiger partial charge in [-0.2, -0.15) is 0 Å². The molecule has 27 heavy (non-hydrogen) atoms. The molecule has 1 N–H and O–H groups in total. The molecule has 2 aromatic carbocycles. The molecule has 0 saturated carbocycles. The molecule has 0 saturated heterocycles. The lowest BCUT2D eigenvalue weighted by Gasteiger charge is -2.12. The molecule has 1 heterocycles. The van der Waals surface area contributed by atoms with Gasteiger partial charge in [-0.1, -0.05) is 17.4 Å². The molecular weight excluding hydrogens is 388 g/mol. The molecular formula is C18H18N2O5S2. The van der Waals surface area contributed by atoms with Crippen LogP contribution >= 0.6 is 11.3 Å². The Balaban J connectivity index is 1.98. The number of benzene rings is 2. The molecule has 0 radical (unpaired) electrons. The summed E-state index contributed by atoms with van der Waals surface area (Å²) in [4.78, 5) is 23.5. The summed E-state index contributed by atoms with van der Waals surface area (Å²) >= 11 is 0.984. The molecule has 0 fully saturated rings. The zero-order valence-corrected chi connectivity index (χ0v) is 16.6. The fourth-order valence-corrected chi connectivity index (χ4v) is 4.70. The fraction of sp³-hybridized carbons (Fsp3) is 0.222. The first-order valence-corrected chi connectivity index (χ1v) is 10.4. The van der Waals surface area contributed by atoms with Gasteiger partial charge in [-0.25, -0.2) is 13.2 Å². The number of aromatic nitrogens is 1. The van der Waals surface area contributed by atoms with Crippen LogP contribution in [0.4, 0.5) is 5.69 Å². The number of nitrogens with one attached hydrogen (secondary N) is 1. The summed E-state index contributed by atoms with van der Waals surface area (Å²) in [6.45, 7) is 3.66. The van der Waals surface area contributed by atoms with Crippen LogP contribution in [0.15, 0.2) is 46.1 Å². The van der Waals surface area contributed by atoms with Crippen molar-refractivity contribution >= 4 is 43.2 Å². The normalized spacial score (nSPS) is 11.5. The minimum Gasteiger partial charge on any atom is -0.462 e. The molecule has 0 aliphatic heterocycles. The average Bonchev–Trinajstić information content (AvgIpc) is 2.90. The van der Waals surface area contributed by atoms with Gasteiger partial charge in [0.05, 0.1) is 33.0 Å². The molecule has 0 atom stereocenters. The average molecular weight is 406 g/mol. The third-order valence-corrected chi connectivity index (χ3v) is 6.43. The monoisotopic (exact) mass is 406 g/mol. The Kier molecular flexibility index (Phi) is 5.07. The Morgan fingerprint density at radius 2 is 1.96 bits per heavy atom. The number of aryl methyl sites for hydroxylation is 2. The predicted octanol–water partition coefficient (Wildman–Crippen LogP) is 2.89. The van der Waals surface area contributed by atoms with Crippen LogP contribution < -0.4 is 9.60 Å². The zero-order chi connectivity index (χ0) is 19.8. The number of nitrogens with zero attached hydrogens (tertiary/aromatic N) is 1. The van der Waals surface area contributed by atoms with Gasteiger partial charge in [0, 0.05) is 7.05 Å². The van der Waals surface area contributed by atoms with Crippen molar-refractivity contribution < 1.29 is 17.9 Å². The van der Waals surface area contributed by atoms with Gasteiger partial charge >= 0.3 is 10.8 Å². The van der Waals surface area contributed by atoms with Crippen molar-refractivity contribution in [2.24, 2.45) is 7.05 Å². The van der Waals surface area contributed by atoms with Gasteiger partial charge in [0.2, 0.25) is 0 Å². The van der Waals surface area contributed by atoms with Crippen molar-refractivity contribution in [1.29, 1.82) is 0 Å². The number of anilines is 1. The molecule has 9 heteroatoms. The second-order valence-corrected chi connectivity index (χ2v) is 8.59. The first-order chi connectivity index (χ1) is 12.7. The topological polar surface area (TPSA) is 94.5 Å². The van der Waals surface area contributed by atoms with Gasteiger partial charge in [-0.15, -0.1) is 0 Å². The fourth-order valence-electron chi connectivity index (χ4n) is 2.56. The molecule has 0 aliphatic carbocycles. The summed E-state index contributed by atoms with van der Waals surface area (Å²) in [5, 5.41) is 0. The second kappa shape index (κ2) is 7.16. The third-order valence-electron chi connectivity index (χ3n) is 4.07. The number of hydrogen-bond acceptors (Lipinski definition) is 6. The molecule has 0 bridgehead atoms. The van der Waals surface area contributed by atoms with Gasteiger partial charge in [0.1, 0.15) is 0 Å². The van der Waals surface area contributed by atoms with E-state index in [2.05, 4.69) is 4.72 Å². The van der Waals surface area contributed by atoms with E-state index >= 15 is 0 Å². The smallest absolute Gasteiger partial charge is 0.338 e. The molecule has 0 aliphatic rings. The van der Waals surface area contributed by atoms with Crippen LogP contribution in [0.1, 0.15) is 22.8 Å². The van der Waals surface area contributed by atoms with E-state index in [1.54, 1.807) is 39.1 Å². The Morgan fingerprint density at radius 1 is 1.22 bits per heavy atom. The predicted molar refractivity (Wildman–Crippen MR) is 105 cm³/mol. The molecule has 0 unspecified atom stereocenters. The second-order valence-electron chi connectivity index (χ2n) is 5.91. The van der Waals surface area contributed by atoms with Crippen LogP contribution in [-0.2, 0) is 21.8 Å². The molecule has 0 amide bonds. The minimum atomic E-state index is -3.89. The van der Waals surface area contributed by atoms with Crippen molar-refractivity contribution in [3.8, 4) is 0 Å². The number of hydrogen-bond donors (Lipinski definition) is 1. The van der Waals surface area contributed by atoms with Gasteiger partial charge in [-0.05, 0) is 49.7 Å². The van der Waals surface area contributed by atoms with Gasteiger partial charge in [-0.3, -0.25) is 9.52 Å². The lowest BCUT2D eigenvalue weighted by atomic mass is 10.1. The largest absolute Gasteiger partial charge is 0.462 e. The van der Waals surface area contributed by atoms with Crippen molar-refractivity contribution in [3.05, 3.63) is 57.2 Å². The number of esters is 1. The van der Waals surface area contributed by atoms with Gasteiger partial charge in [0.25, 0.3) is 10.0 Å². The van der Waals surface area contributed by atoms with Crippen molar-refractivity contribution in [2.75, 3.05) is 11.3 Å². The van der Waals surface area contributed by atoms with Crippen LogP contribution in [0.25, 0.3) is 10.2 Å². The molecule has 7 nitrogen and oxygen atoms in total. The van der Waals surface area contributed by atoms with Crippen LogP contribution in [0.5, 0.6) is 0 Å². The summed E-state index contributed by atoms with van der Waals surface area (Å²) in [5.74, 6) is -0.520. The molecule has 3 aromatic rings. The molecule has 0 spiro atoms. The maximum atomic E-state index is 12.8. The Bertz CT molecular complexity index is 1190. The quantitative estimate of drug-likeness (QED) is 0.658. The number of thiazole rings is 1. The molecule has 3 rings (SSSR count). The van der Waals surface area contributed by atoms with E-state index in [9.17, 15) is 18.0 Å². The number of carbonyl (C=O) groups excluding carboxylic acids is 1. The summed E-state index contributed by atoms with van der Waals surface area (Å²) < 4.78 is 35.1. The minimum absolute atomic E-state index is 0.0396. The van der Waals surface area contributed by atoms with Crippen molar-refractivity contribution in [1.82, 2.24) is 4.57 Å². The SMILES string of the molecule is CCOC(=O)c1ccc(C)c(NS(=O)(=O)c2ccc3c(c2)sc(=O)n3C)c1. The summed E-state index contributed by atoms with van der Waals surface area (Å²) in [6, 6.07) is 9.19. The molecule has 1 aromatic heterocycles. The van der Waals surface area contributed by atoms with Crippen molar-refractivity contribution in [3.63, 3.8) is 0 Å². The van der Waals surface area contributed by atoms with E-state index in [4.69, 9.17) is 4.74 Å². The zero-order valence-electron chi connectivity index (χ0n) is 15.0. The highest BCUT2D eigenvalue weighted by atomic mass is 32.2. The number of ether oxygens (including phenoxy) is 1. The number of rotatable bonds is 5. The highest BCUT2D eigenvalue weighted by molar-refractivity contribution is 7.92. The van der Waals surface area contributed by atoms with Crippen LogP contribution in [0, 0.1) is 6.92 Å². The van der Waals surface area contributed by atoms with E-state index in [0.29, 0.717) is 21.5 Å². The van der Waals surface area contributed by atoms with E-state index in [-0.39, 0.29) is 21.9 Å². The van der Waals surface area contributed by atoms with Crippen LogP contribution in [-0.4, -0.2) is 25.6 Å². The van der Waals surface area contributed by atoms with Gasteiger partial charge in [0.15, 0.2) is 0 Å². The molecule has 142 valence electrons. The lowest BCUT2D eigenvalue weighted by Crippen LogP contribution is -2.14. The van der Waals surface area contributed by atoms with E-state index in [1.807, 2.05) is 0 Å². The Hall–Kier alpha value is -2.65. The van der Waals surface area contributed by atoms with Gasteiger partial charge < -0.3 is 9.30 Å². The first-order valence-electron chi connectivity index (χ1n) is 8.13. The number of fused-ring (bicyclic) bond motifs is 1. The van der Waals surface area contributed by atoms with E-state index in [1.165, 1.54) is 22.8 Å². The Morgan fingerprint density at radius 3 is 2.67 bits per heavy atom. The maximum absolute atomic E-state index is 12.8. The maximum Gasteiger partial charge on any atom is 0.338 e. The van der Waals surface area contributed by atoms with E-state index < -0.39 is 16.0 Å². The highest BCUT2D eigenvalue weighted by Crippen LogP contribution is 2.25. The summed E-state index contributed by atoms with van der Waals surface area (Å²) in [5.41, 5.74) is 1.89. The van der Waals surface area contributed by atoms with Crippen LogP contribution in [0.3, 0.4) is 0 Å². The van der Waals surface area contributed by atoms with Crippen molar-refractivity contribution in [2.45, 2.75) is 18.7 Å². The third kappa shape index (κ3) is 3.74.